The minimum absolute atomic E-state index is 2.07. The van der Waals surface area contributed by atoms with Crippen LogP contribution < -0.4 is 0 Å². The van der Waals surface area contributed by atoms with E-state index >= 15 is 0 Å². The van der Waals surface area contributed by atoms with Crippen molar-refractivity contribution in [2.75, 3.05) is 0 Å². The van der Waals surface area contributed by atoms with Gasteiger partial charge in [0, 0.05) is 0 Å². The lowest BCUT2D eigenvalue weighted by atomic mass is 10.3. The average molecular weight is 262 g/mol. The highest BCUT2D eigenvalue weighted by Crippen LogP contribution is 2.39. The van der Waals surface area contributed by atoms with E-state index in [0.717, 1.165) is 0 Å². The molecule has 0 bridgehead atoms. The lowest BCUT2D eigenvalue weighted by molar-refractivity contribution is -0.426. The molecular formula is C5H2F8O3. The van der Waals surface area contributed by atoms with E-state index in [1.165, 1.54) is 0 Å². The van der Waals surface area contributed by atoms with E-state index in [9.17, 15) is 39.9 Å². The van der Waals surface area contributed by atoms with Crippen LogP contribution in [0.5, 0.6) is 0 Å². The van der Waals surface area contributed by atoms with Crippen molar-refractivity contribution < 1.29 is 49.8 Å². The zero-order chi connectivity index (χ0) is 13.4. The van der Waals surface area contributed by atoms with Gasteiger partial charge in [-0.3, -0.25) is 4.74 Å². The monoisotopic (exact) mass is 262 g/mol. The van der Waals surface area contributed by atoms with Gasteiger partial charge in [0.05, 0.1) is 0 Å². The second kappa shape index (κ2) is 4.03. The summed E-state index contributed by atoms with van der Waals surface area (Å²) in [4.78, 5) is 9.60. The lowest BCUT2D eigenvalue weighted by Gasteiger charge is -2.23. The highest BCUT2D eigenvalue weighted by Gasteiger charge is 2.64. The number of carbonyl (C=O) groups is 1. The standard InChI is InChI=1S/C5H2F8O3/c6-1(3(7,8)2(14)15)16-5(12,13)4(9,10)11/h1H,(H,14,15). The third-order valence-corrected chi connectivity index (χ3v) is 1.15. The average Bonchev–Trinajstić information content (AvgIpc) is 2.00. The number of carboxylic acids is 1. The van der Waals surface area contributed by atoms with Crippen molar-refractivity contribution in [3.63, 3.8) is 0 Å². The molecule has 0 saturated heterocycles. The zero-order valence-electron chi connectivity index (χ0n) is 6.86. The number of hydrogen-bond acceptors (Lipinski definition) is 2. The van der Waals surface area contributed by atoms with E-state index in [-0.39, 0.29) is 0 Å². The summed E-state index contributed by atoms with van der Waals surface area (Å²) in [6.45, 7) is 0. The zero-order valence-corrected chi connectivity index (χ0v) is 6.86. The van der Waals surface area contributed by atoms with E-state index in [1.54, 1.807) is 0 Å². The number of halogens is 8. The van der Waals surface area contributed by atoms with Gasteiger partial charge in [-0.05, 0) is 0 Å². The Morgan fingerprint density at radius 2 is 1.44 bits per heavy atom. The van der Waals surface area contributed by atoms with Gasteiger partial charge in [-0.1, -0.05) is 0 Å². The first-order valence-corrected chi connectivity index (χ1v) is 3.20. The normalized spacial score (nSPS) is 16.0. The Hall–Kier alpha value is -1.13. The van der Waals surface area contributed by atoms with Crippen LogP contribution >= 0.6 is 0 Å². The van der Waals surface area contributed by atoms with Gasteiger partial charge in [0.1, 0.15) is 0 Å². The van der Waals surface area contributed by atoms with Crippen molar-refractivity contribution >= 4 is 5.97 Å². The van der Waals surface area contributed by atoms with Crippen LogP contribution in [0.3, 0.4) is 0 Å². The largest absolute Gasteiger partial charge is 0.483 e. The van der Waals surface area contributed by atoms with Gasteiger partial charge in [0.25, 0.3) is 6.36 Å². The molecule has 0 fully saturated rings. The number of ether oxygens (including phenoxy) is 1. The highest BCUT2D eigenvalue weighted by molar-refractivity contribution is 5.75. The maximum absolute atomic E-state index is 12.1. The molecular weight excluding hydrogens is 260 g/mol. The topological polar surface area (TPSA) is 46.5 Å². The SMILES string of the molecule is O=C(O)C(F)(F)C(F)OC(F)(F)C(F)(F)F. The maximum Gasteiger partial charge on any atom is 0.483 e. The Morgan fingerprint density at radius 1 is 1.06 bits per heavy atom. The maximum atomic E-state index is 12.1. The molecule has 0 aromatic heterocycles. The molecule has 96 valence electrons. The second-order valence-corrected chi connectivity index (χ2v) is 2.38. The summed E-state index contributed by atoms with van der Waals surface area (Å²) in [5.74, 6) is -8.76. The molecule has 0 heterocycles. The third-order valence-electron chi connectivity index (χ3n) is 1.15. The van der Waals surface area contributed by atoms with Crippen LogP contribution in [0.15, 0.2) is 0 Å². The van der Waals surface area contributed by atoms with Crippen molar-refractivity contribution in [3.8, 4) is 0 Å². The third kappa shape index (κ3) is 2.93. The Morgan fingerprint density at radius 3 is 1.69 bits per heavy atom. The number of hydrogen-bond donors (Lipinski definition) is 1. The Kier molecular flexibility index (Phi) is 3.75. The van der Waals surface area contributed by atoms with Crippen LogP contribution in [0.2, 0.25) is 0 Å². The fraction of sp³-hybridized carbons (Fsp3) is 0.800. The summed E-state index contributed by atoms with van der Waals surface area (Å²) in [6, 6.07) is 0. The quantitative estimate of drug-likeness (QED) is 0.790. The summed E-state index contributed by atoms with van der Waals surface area (Å²) in [5.41, 5.74) is 0. The summed E-state index contributed by atoms with van der Waals surface area (Å²) in [7, 11) is 0. The molecule has 3 nitrogen and oxygen atoms in total. The van der Waals surface area contributed by atoms with Crippen LogP contribution in [-0.2, 0) is 9.53 Å². The molecule has 16 heavy (non-hydrogen) atoms. The predicted molar refractivity (Wildman–Crippen MR) is 29.6 cm³/mol. The van der Waals surface area contributed by atoms with Gasteiger partial charge < -0.3 is 5.11 Å². The molecule has 0 radical (unpaired) electrons. The van der Waals surface area contributed by atoms with Gasteiger partial charge in [0.15, 0.2) is 0 Å². The van der Waals surface area contributed by atoms with E-state index in [0.29, 0.717) is 0 Å². The van der Waals surface area contributed by atoms with Crippen molar-refractivity contribution in [1.82, 2.24) is 0 Å². The second-order valence-electron chi connectivity index (χ2n) is 2.38. The van der Waals surface area contributed by atoms with E-state index in [4.69, 9.17) is 5.11 Å². The summed E-state index contributed by atoms with van der Waals surface area (Å²) >= 11 is 0. The molecule has 0 aliphatic carbocycles. The van der Waals surface area contributed by atoms with E-state index < -0.39 is 30.5 Å². The number of alkyl halides is 8. The first kappa shape index (κ1) is 14.9. The smallest absolute Gasteiger partial charge is 0.477 e. The number of rotatable bonds is 4. The molecule has 0 aliphatic rings. The van der Waals surface area contributed by atoms with Crippen LogP contribution in [0, 0.1) is 0 Å². The molecule has 11 heteroatoms. The molecule has 1 N–H and O–H groups in total. The fourth-order valence-electron chi connectivity index (χ4n) is 0.368. The molecule has 0 saturated carbocycles. The van der Waals surface area contributed by atoms with E-state index in [1.807, 2.05) is 0 Å². The molecule has 0 spiro atoms. The summed E-state index contributed by atoms with van der Waals surface area (Å²) in [6.07, 6.45) is -17.3. The highest BCUT2D eigenvalue weighted by atomic mass is 19.4. The molecule has 1 unspecified atom stereocenters. The first-order chi connectivity index (χ1) is 6.82. The predicted octanol–water partition coefficient (Wildman–Crippen LogP) is 2.17. The molecule has 0 rings (SSSR count). The molecule has 0 amide bonds. The Bertz CT molecular complexity index is 271. The van der Waals surface area contributed by atoms with Crippen molar-refractivity contribution in [3.05, 3.63) is 0 Å². The Balaban J connectivity index is 4.82. The van der Waals surface area contributed by atoms with Crippen molar-refractivity contribution in [2.24, 2.45) is 0 Å². The van der Waals surface area contributed by atoms with Gasteiger partial charge in [-0.15, -0.1) is 0 Å². The minimum atomic E-state index is -6.44. The van der Waals surface area contributed by atoms with Gasteiger partial charge >= 0.3 is 24.2 Å². The van der Waals surface area contributed by atoms with E-state index in [2.05, 4.69) is 4.74 Å². The van der Waals surface area contributed by atoms with Gasteiger partial charge in [-0.2, -0.15) is 30.7 Å². The number of aliphatic carboxylic acids is 1. The minimum Gasteiger partial charge on any atom is -0.477 e. The molecule has 0 aliphatic heterocycles. The summed E-state index contributed by atoms with van der Waals surface area (Å²) < 4.78 is 96.1. The number of carboxylic acid groups (broad SMARTS) is 1. The Labute approximate surface area is 81.6 Å². The van der Waals surface area contributed by atoms with Crippen LogP contribution in [0.25, 0.3) is 0 Å². The molecule has 1 atom stereocenters. The van der Waals surface area contributed by atoms with Crippen molar-refractivity contribution in [1.29, 1.82) is 0 Å². The lowest BCUT2D eigenvalue weighted by Crippen LogP contribution is -2.48. The van der Waals surface area contributed by atoms with Crippen LogP contribution in [0.4, 0.5) is 35.1 Å². The van der Waals surface area contributed by atoms with Crippen LogP contribution in [-0.4, -0.2) is 35.6 Å². The fourth-order valence-corrected chi connectivity index (χ4v) is 0.368. The van der Waals surface area contributed by atoms with Crippen molar-refractivity contribution in [2.45, 2.75) is 24.6 Å². The van der Waals surface area contributed by atoms with Gasteiger partial charge in [-0.25, -0.2) is 9.18 Å². The first-order valence-electron chi connectivity index (χ1n) is 3.20. The van der Waals surface area contributed by atoms with Gasteiger partial charge in [0.2, 0.25) is 0 Å². The molecule has 0 aromatic carbocycles. The molecule has 0 aromatic rings. The summed E-state index contributed by atoms with van der Waals surface area (Å²) in [5, 5.41) is 7.62. The van der Waals surface area contributed by atoms with Crippen LogP contribution in [0.1, 0.15) is 0 Å².